The number of carbonyl (C=O) groups excluding carboxylic acids is 1. The van der Waals surface area contributed by atoms with Crippen molar-refractivity contribution in [2.75, 3.05) is 5.32 Å². The number of anilines is 1. The molecule has 32 heavy (non-hydrogen) atoms. The summed E-state index contributed by atoms with van der Waals surface area (Å²) in [5.41, 5.74) is 3.06. The predicted molar refractivity (Wildman–Crippen MR) is 122 cm³/mol. The second kappa shape index (κ2) is 8.19. The second-order valence-electron chi connectivity index (χ2n) is 7.50. The summed E-state index contributed by atoms with van der Waals surface area (Å²) in [5.74, 6) is 0.307. The first-order valence-corrected chi connectivity index (χ1v) is 9.87. The molecule has 0 aliphatic rings. The number of nitrogens with zero attached hydrogens (tertiary/aromatic N) is 1. The van der Waals surface area contributed by atoms with E-state index in [0.717, 1.165) is 0 Å². The van der Waals surface area contributed by atoms with Crippen molar-refractivity contribution >= 4 is 22.6 Å². The molecule has 0 radical (unpaired) electrons. The summed E-state index contributed by atoms with van der Waals surface area (Å²) in [6, 6.07) is 9.68. The summed E-state index contributed by atoms with van der Waals surface area (Å²) in [6.07, 6.45) is 4.31. The van der Waals surface area contributed by atoms with Gasteiger partial charge in [0.25, 0.3) is 5.56 Å². The number of hydrogen-bond acceptors (Lipinski definition) is 4. The molecule has 162 valence electrons. The molecule has 2 aromatic carbocycles. The Morgan fingerprint density at radius 2 is 1.88 bits per heavy atom. The molecule has 1 N–H and O–H groups in total. The summed E-state index contributed by atoms with van der Waals surface area (Å²) in [6.45, 7) is 7.01. The van der Waals surface area contributed by atoms with Crippen molar-refractivity contribution in [1.29, 1.82) is 0 Å². The van der Waals surface area contributed by atoms with Crippen molar-refractivity contribution in [1.82, 2.24) is 4.57 Å². The number of hydrogen-bond donors (Lipinski definition) is 1. The largest absolute Gasteiger partial charge is 0.458 e. The van der Waals surface area contributed by atoms with Crippen molar-refractivity contribution in [2.24, 2.45) is 7.05 Å². The fraction of sp³-hybridized carbons (Fsp3) is 0.120. The number of fused-ring (bicyclic) bond motifs is 1. The third-order valence-electron chi connectivity index (χ3n) is 5.15. The normalized spacial score (nSPS) is 10.9. The van der Waals surface area contributed by atoms with Crippen LogP contribution >= 0.6 is 0 Å². The molecule has 0 saturated heterocycles. The molecule has 0 spiro atoms. The van der Waals surface area contributed by atoms with Crippen LogP contribution in [0.3, 0.4) is 0 Å². The molecule has 1 amide bonds. The molecule has 4 aromatic rings. The molecule has 0 saturated carbocycles. The highest BCUT2D eigenvalue weighted by Crippen LogP contribution is 2.40. The van der Waals surface area contributed by atoms with Gasteiger partial charge < -0.3 is 19.0 Å². The van der Waals surface area contributed by atoms with E-state index in [1.165, 1.54) is 29.0 Å². The van der Waals surface area contributed by atoms with Gasteiger partial charge in [-0.2, -0.15) is 0 Å². The number of aryl methyl sites for hydroxylation is 3. The lowest BCUT2D eigenvalue weighted by molar-refractivity contribution is -0.111. The van der Waals surface area contributed by atoms with Crippen LogP contribution < -0.4 is 15.6 Å². The third-order valence-corrected chi connectivity index (χ3v) is 5.15. The quantitative estimate of drug-likeness (QED) is 0.425. The third kappa shape index (κ3) is 3.80. The van der Waals surface area contributed by atoms with Crippen molar-refractivity contribution < 1.29 is 18.3 Å². The lowest BCUT2D eigenvalue weighted by atomic mass is 10.0. The number of pyridine rings is 1. The zero-order valence-electron chi connectivity index (χ0n) is 17.9. The van der Waals surface area contributed by atoms with E-state index in [9.17, 15) is 14.0 Å². The zero-order chi connectivity index (χ0) is 23.0. The highest BCUT2D eigenvalue weighted by atomic mass is 19.1. The molecular formula is C25H21FN2O4. The molecule has 0 bridgehead atoms. The maximum atomic E-state index is 13.8. The molecule has 0 unspecified atom stereocenters. The minimum Gasteiger partial charge on any atom is -0.458 e. The Hall–Kier alpha value is -4.13. The molecule has 2 aromatic heterocycles. The van der Waals surface area contributed by atoms with Crippen LogP contribution in [0, 0.1) is 19.7 Å². The van der Waals surface area contributed by atoms with Gasteiger partial charge in [0.1, 0.15) is 17.3 Å². The average molecular weight is 432 g/mol. The molecule has 0 aliphatic heterocycles. The first-order valence-electron chi connectivity index (χ1n) is 9.87. The molecular weight excluding hydrogens is 411 g/mol. The number of carbonyl (C=O) groups is 1. The number of aromatic nitrogens is 1. The molecule has 7 heteroatoms. The van der Waals surface area contributed by atoms with Gasteiger partial charge in [-0.1, -0.05) is 6.58 Å². The smallest absolute Gasteiger partial charge is 0.293 e. The van der Waals surface area contributed by atoms with Crippen molar-refractivity contribution in [2.45, 2.75) is 13.8 Å². The Morgan fingerprint density at radius 3 is 2.56 bits per heavy atom. The molecule has 0 fully saturated rings. The zero-order valence-corrected chi connectivity index (χ0v) is 17.9. The highest BCUT2D eigenvalue weighted by molar-refractivity contribution is 6.00. The van der Waals surface area contributed by atoms with Gasteiger partial charge >= 0.3 is 0 Å². The van der Waals surface area contributed by atoms with Gasteiger partial charge in [0.15, 0.2) is 5.58 Å². The lowest BCUT2D eigenvalue weighted by Gasteiger charge is -2.17. The van der Waals surface area contributed by atoms with Crippen molar-refractivity contribution in [3.63, 3.8) is 0 Å². The van der Waals surface area contributed by atoms with Crippen LogP contribution in [0.25, 0.3) is 22.1 Å². The van der Waals surface area contributed by atoms with Crippen LogP contribution in [0.1, 0.15) is 11.1 Å². The van der Waals surface area contributed by atoms with Gasteiger partial charge in [0.05, 0.1) is 6.26 Å². The van der Waals surface area contributed by atoms with Crippen LogP contribution in [-0.4, -0.2) is 10.5 Å². The highest BCUT2D eigenvalue weighted by Gasteiger charge is 2.18. The maximum absolute atomic E-state index is 13.8. The monoisotopic (exact) mass is 432 g/mol. The van der Waals surface area contributed by atoms with Gasteiger partial charge in [-0.25, -0.2) is 4.39 Å². The maximum Gasteiger partial charge on any atom is 0.293 e. The number of ether oxygens (including phenoxy) is 1. The van der Waals surface area contributed by atoms with Crippen LogP contribution in [0.15, 0.2) is 70.7 Å². The SMILES string of the molecule is C=CC(=O)Nc1ccc(Oc2c(C)cc(F)cc2C)c(-c2cn(C)c(=O)c3occc23)c1. The standard InChI is InChI=1S/C25H21FN2O4/c1-5-22(29)27-17-6-7-21(32-23-14(2)10-16(26)11-15(23)3)19(12-17)20-13-28(4)25(30)24-18(20)8-9-31-24/h5-13H,1H2,2-4H3,(H,27,29). The first kappa shape index (κ1) is 21.1. The fourth-order valence-electron chi connectivity index (χ4n) is 3.65. The Bertz CT molecular complexity index is 1410. The number of benzene rings is 2. The van der Waals surface area contributed by atoms with E-state index in [0.29, 0.717) is 44.8 Å². The van der Waals surface area contributed by atoms with Crippen LogP contribution in [-0.2, 0) is 11.8 Å². The van der Waals surface area contributed by atoms with E-state index >= 15 is 0 Å². The Morgan fingerprint density at radius 1 is 1.16 bits per heavy atom. The number of furan rings is 1. The van der Waals surface area contributed by atoms with Gasteiger partial charge in [-0.15, -0.1) is 0 Å². The number of nitrogens with one attached hydrogen (secondary N) is 1. The Kier molecular flexibility index (Phi) is 5.40. The minimum atomic E-state index is -0.358. The van der Waals surface area contributed by atoms with Gasteiger partial charge in [0.2, 0.25) is 5.91 Å². The van der Waals surface area contributed by atoms with Gasteiger partial charge in [-0.3, -0.25) is 9.59 Å². The summed E-state index contributed by atoms with van der Waals surface area (Å²) in [7, 11) is 1.63. The number of rotatable bonds is 5. The summed E-state index contributed by atoms with van der Waals surface area (Å²) in [4.78, 5) is 24.3. The van der Waals surface area contributed by atoms with E-state index in [-0.39, 0.29) is 22.9 Å². The van der Waals surface area contributed by atoms with E-state index in [1.54, 1.807) is 51.4 Å². The van der Waals surface area contributed by atoms with Crippen molar-refractivity contribution in [3.05, 3.63) is 88.8 Å². The van der Waals surface area contributed by atoms with Gasteiger partial charge in [-0.05, 0) is 67.4 Å². The predicted octanol–water partition coefficient (Wildman–Crippen LogP) is 5.47. The topological polar surface area (TPSA) is 73.5 Å². The Labute approximate surface area is 183 Å². The van der Waals surface area contributed by atoms with E-state index in [1.807, 2.05) is 0 Å². The summed E-state index contributed by atoms with van der Waals surface area (Å²) in [5, 5.41) is 3.35. The number of amides is 1. The lowest BCUT2D eigenvalue weighted by Crippen LogP contribution is -2.15. The number of halogens is 1. The van der Waals surface area contributed by atoms with E-state index in [2.05, 4.69) is 11.9 Å². The molecule has 6 nitrogen and oxygen atoms in total. The summed E-state index contributed by atoms with van der Waals surface area (Å²) >= 11 is 0. The van der Waals surface area contributed by atoms with Gasteiger partial charge in [0, 0.05) is 35.4 Å². The first-order chi connectivity index (χ1) is 15.3. The second-order valence-corrected chi connectivity index (χ2v) is 7.50. The van der Waals surface area contributed by atoms with Crippen LogP contribution in [0.2, 0.25) is 0 Å². The van der Waals surface area contributed by atoms with Crippen LogP contribution in [0.4, 0.5) is 10.1 Å². The molecule has 4 rings (SSSR count). The minimum absolute atomic E-state index is 0.214. The molecule has 0 atom stereocenters. The van der Waals surface area contributed by atoms with E-state index < -0.39 is 0 Å². The molecule has 0 aliphatic carbocycles. The Balaban J connectivity index is 1.94. The molecule has 2 heterocycles. The van der Waals surface area contributed by atoms with Crippen LogP contribution in [0.5, 0.6) is 11.5 Å². The van der Waals surface area contributed by atoms with E-state index in [4.69, 9.17) is 9.15 Å². The average Bonchev–Trinajstić information content (AvgIpc) is 3.24. The fourth-order valence-corrected chi connectivity index (χ4v) is 3.65. The summed E-state index contributed by atoms with van der Waals surface area (Å²) < 4.78 is 26.9. The van der Waals surface area contributed by atoms with Crippen molar-refractivity contribution in [3.8, 4) is 22.6 Å².